The number of nitrogen functional groups attached to an aromatic ring is 1. The maximum atomic E-state index is 11.3. The molecule has 0 unspecified atom stereocenters. The van der Waals surface area contributed by atoms with E-state index in [2.05, 4.69) is 57.2 Å². The van der Waals surface area contributed by atoms with Crippen LogP contribution in [-0.4, -0.2) is 33.8 Å². The molecule has 6 aromatic rings. The summed E-state index contributed by atoms with van der Waals surface area (Å²) in [6, 6.07) is 38.5. The van der Waals surface area contributed by atoms with Crippen molar-refractivity contribution in [1.29, 1.82) is 0 Å². The van der Waals surface area contributed by atoms with Crippen LogP contribution < -0.4 is 27.0 Å². The minimum absolute atomic E-state index is 0.0740. The van der Waals surface area contributed by atoms with Crippen molar-refractivity contribution < 1.29 is 4.92 Å². The van der Waals surface area contributed by atoms with Crippen molar-refractivity contribution in [2.75, 3.05) is 27.0 Å². The minimum atomic E-state index is -0.826. The van der Waals surface area contributed by atoms with E-state index >= 15 is 0 Å². The molecule has 0 aliphatic rings. The van der Waals surface area contributed by atoms with Crippen LogP contribution in [0.1, 0.15) is 22.3 Å². The molecule has 2 radical (unpaired) electrons. The quantitative estimate of drug-likeness (QED) is 0.0547. The van der Waals surface area contributed by atoms with Gasteiger partial charge in [0.25, 0.3) is 0 Å². The van der Waals surface area contributed by atoms with Crippen LogP contribution in [0.25, 0.3) is 0 Å². The summed E-state index contributed by atoms with van der Waals surface area (Å²) < 4.78 is 0. The summed E-state index contributed by atoms with van der Waals surface area (Å²) in [6.07, 6.45) is 0. The summed E-state index contributed by atoms with van der Waals surface area (Å²) in [6.45, 7) is 8.12. The van der Waals surface area contributed by atoms with Crippen LogP contribution in [0.15, 0.2) is 121 Å². The molecule has 0 aliphatic carbocycles. The Balaban J connectivity index is 0.000000213. The van der Waals surface area contributed by atoms with E-state index in [4.69, 9.17) is 23.6 Å². The van der Waals surface area contributed by atoms with E-state index in [0.717, 1.165) is 39.7 Å². The van der Waals surface area contributed by atoms with Gasteiger partial charge in [0.1, 0.15) is 11.6 Å². The molecule has 0 bridgehead atoms. The Bertz CT molecular complexity index is 2010. The second kappa shape index (κ2) is 19.4. The van der Waals surface area contributed by atoms with Gasteiger partial charge in [0, 0.05) is 28.8 Å². The summed E-state index contributed by atoms with van der Waals surface area (Å²) in [7, 11) is 9.87. The Hall–Kier alpha value is -5.04. The van der Waals surface area contributed by atoms with Crippen LogP contribution >= 0.6 is 17.8 Å². The Morgan fingerprint density at radius 1 is 0.529 bits per heavy atom. The average Bonchev–Trinajstić information content (AvgIpc) is 3.11. The Labute approximate surface area is 315 Å². The van der Waals surface area contributed by atoms with Gasteiger partial charge in [0.2, 0.25) is 5.82 Å². The molecule has 0 saturated carbocycles. The van der Waals surface area contributed by atoms with Gasteiger partial charge in [-0.05, 0) is 94.4 Å². The summed E-state index contributed by atoms with van der Waals surface area (Å²) in [5.41, 5.74) is 14.8. The Morgan fingerprint density at radius 2 is 0.843 bits per heavy atom. The number of aryl methyl sites for hydroxylation is 4. The van der Waals surface area contributed by atoms with Crippen LogP contribution in [0.3, 0.4) is 0 Å². The van der Waals surface area contributed by atoms with Gasteiger partial charge in [-0.15, -0.1) is 0 Å². The van der Waals surface area contributed by atoms with Gasteiger partial charge in [-0.2, -0.15) is 0 Å². The molecule has 0 fully saturated rings. The molecule has 13 heteroatoms. The first-order valence-electron chi connectivity index (χ1n) is 15.8. The first-order chi connectivity index (χ1) is 24.5. The van der Waals surface area contributed by atoms with Crippen molar-refractivity contribution in [2.45, 2.75) is 27.7 Å². The number of anilines is 9. The third-order valence-electron chi connectivity index (χ3n) is 7.27. The number of hydrogen-bond donors (Lipinski definition) is 5. The van der Waals surface area contributed by atoms with E-state index in [1.807, 2.05) is 111 Å². The zero-order chi connectivity index (χ0) is 36.8. The van der Waals surface area contributed by atoms with E-state index in [-0.39, 0.29) is 11.5 Å². The number of hydrogen-bond acceptors (Lipinski definition) is 9. The molecule has 0 saturated heterocycles. The van der Waals surface area contributed by atoms with E-state index in [9.17, 15) is 10.1 Å². The van der Waals surface area contributed by atoms with E-state index < -0.39 is 23.8 Å². The van der Waals surface area contributed by atoms with E-state index in [0.29, 0.717) is 17.3 Å². The van der Waals surface area contributed by atoms with Crippen LogP contribution in [-0.2, 0) is 0 Å². The van der Waals surface area contributed by atoms with Crippen LogP contribution in [0.5, 0.6) is 0 Å². The van der Waals surface area contributed by atoms with Gasteiger partial charge < -0.3 is 27.0 Å². The van der Waals surface area contributed by atoms with Crippen molar-refractivity contribution in [3.8, 4) is 0 Å². The summed E-state index contributed by atoms with van der Waals surface area (Å²) in [5.74, 6) is 2.12. The summed E-state index contributed by atoms with van der Waals surface area (Å²) in [5, 5.41) is 24.0. The fourth-order valence-corrected chi connectivity index (χ4v) is 4.52. The molecule has 4 aromatic carbocycles. The van der Waals surface area contributed by atoms with Gasteiger partial charge in [0.15, 0.2) is 5.82 Å². The zero-order valence-corrected chi connectivity index (χ0v) is 32.9. The molecular formula is C38H38Cl2N8O2Sn. The maximum absolute atomic E-state index is 11.3. The van der Waals surface area contributed by atoms with Crippen molar-refractivity contribution in [3.63, 3.8) is 0 Å². The molecule has 0 atom stereocenters. The molecule has 51 heavy (non-hydrogen) atoms. The van der Waals surface area contributed by atoms with Crippen LogP contribution in [0.2, 0.25) is 0 Å². The molecule has 0 aliphatic heterocycles. The number of aromatic nitrogens is 2. The normalized spacial score (nSPS) is 10.1. The molecule has 6 N–H and O–H groups in total. The topological polar surface area (TPSA) is 143 Å². The summed E-state index contributed by atoms with van der Waals surface area (Å²) >= 11 is -0.826. The fraction of sp³-hybridized carbons (Fsp3) is 0.105. The van der Waals surface area contributed by atoms with Gasteiger partial charge >= 0.3 is 42.4 Å². The number of pyridine rings is 2. The molecular weight excluding hydrogens is 790 g/mol. The van der Waals surface area contributed by atoms with Crippen molar-refractivity contribution in [1.82, 2.24) is 9.97 Å². The van der Waals surface area contributed by atoms with Crippen molar-refractivity contribution >= 4 is 94.1 Å². The Morgan fingerprint density at radius 3 is 1.22 bits per heavy atom. The number of nitro groups is 1. The molecule has 0 amide bonds. The molecule has 2 heterocycles. The third-order valence-corrected chi connectivity index (χ3v) is 7.27. The van der Waals surface area contributed by atoms with E-state index in [1.165, 1.54) is 17.2 Å². The van der Waals surface area contributed by atoms with E-state index in [1.54, 1.807) is 6.07 Å². The second-order valence-electron chi connectivity index (χ2n) is 11.5. The first kappa shape index (κ1) is 38.8. The standard InChI is InChI=1S/C19H18N4O2.C19H20N4.2ClH.Sn/c1-13-3-7-15(8-4-13)20-18-12-11-17(23(24)25)19(22-18)21-16-9-5-14(2)6-10-16;1-13-3-7-15(8-4-13)21-18-12-11-17(20)19(23-18)22-16-9-5-14(2)6-10-16;;;/h3-12H,1-2H3,(H2,20,21,22);3-12H,20H2,1-2H3,(H2,21,22,23);2*1H;/q;;;;+2/p-2. The van der Waals surface area contributed by atoms with Gasteiger partial charge in [-0.1, -0.05) is 70.8 Å². The van der Waals surface area contributed by atoms with Gasteiger partial charge in [-0.25, -0.2) is 9.97 Å². The molecule has 2 aromatic heterocycles. The molecule has 6 rings (SSSR count). The molecule has 260 valence electrons. The van der Waals surface area contributed by atoms with Crippen molar-refractivity contribution in [2.24, 2.45) is 0 Å². The monoisotopic (exact) mass is 828 g/mol. The second-order valence-corrected chi connectivity index (χ2v) is 15.7. The average molecular weight is 828 g/mol. The summed E-state index contributed by atoms with van der Waals surface area (Å²) in [4.78, 5) is 19.8. The van der Waals surface area contributed by atoms with Crippen LogP contribution in [0, 0.1) is 37.8 Å². The number of rotatable bonds is 9. The SMILES string of the molecule is Cc1ccc(Nc2ccc(N)c(Nc3ccc(C)cc3)n2)cc1.Cc1ccc(Nc2ccc([N+](=O)[O-])c(Nc3ccc(C)cc3)n2)cc1.[Cl][Sn][Cl]. The Kier molecular flexibility index (Phi) is 14.7. The molecule has 0 spiro atoms. The number of benzene rings is 4. The van der Waals surface area contributed by atoms with Crippen LogP contribution in [0.4, 0.5) is 57.4 Å². The number of nitrogens with zero attached hydrogens (tertiary/aromatic N) is 3. The fourth-order valence-electron chi connectivity index (χ4n) is 4.52. The van der Waals surface area contributed by atoms with Gasteiger partial charge in [0.05, 0.1) is 10.6 Å². The number of nitrogens with two attached hydrogens (primary N) is 1. The first-order valence-corrected chi connectivity index (χ1v) is 23.0. The third kappa shape index (κ3) is 12.7. The van der Waals surface area contributed by atoms with Gasteiger partial charge in [-0.3, -0.25) is 10.1 Å². The van der Waals surface area contributed by atoms with Crippen molar-refractivity contribution in [3.05, 3.63) is 154 Å². The number of halogens is 2. The molecule has 10 nitrogen and oxygen atoms in total. The zero-order valence-electron chi connectivity index (χ0n) is 28.5. The number of nitrogens with one attached hydrogen (secondary N) is 4. The predicted molar refractivity (Wildman–Crippen MR) is 215 cm³/mol. The predicted octanol–water partition coefficient (Wildman–Crippen LogP) is 10.9.